The Balaban J connectivity index is 0.829. The summed E-state index contributed by atoms with van der Waals surface area (Å²) in [6.07, 6.45) is 4.96. The molecule has 4 aromatic carbocycles. The molecule has 4 atom stereocenters. The van der Waals surface area contributed by atoms with Crippen molar-refractivity contribution in [3.8, 4) is 45.9 Å². The van der Waals surface area contributed by atoms with Gasteiger partial charge in [0.15, 0.2) is 17.3 Å². The van der Waals surface area contributed by atoms with Crippen molar-refractivity contribution >= 4 is 68.5 Å². The van der Waals surface area contributed by atoms with Crippen LogP contribution in [0.1, 0.15) is 24.9 Å². The summed E-state index contributed by atoms with van der Waals surface area (Å²) in [7, 11) is 3.73. The first kappa shape index (κ1) is 59.5. The van der Waals surface area contributed by atoms with Crippen LogP contribution in [0.4, 0.5) is 33.6 Å². The van der Waals surface area contributed by atoms with Crippen molar-refractivity contribution in [2.75, 3.05) is 103 Å². The zero-order chi connectivity index (χ0) is 62.0. The van der Waals surface area contributed by atoms with Crippen LogP contribution in [0.15, 0.2) is 101 Å². The second-order valence-corrected chi connectivity index (χ2v) is 23.5. The quantitative estimate of drug-likeness (QED) is 0.0718. The third-order valence-corrected chi connectivity index (χ3v) is 17.5. The second kappa shape index (κ2) is 24.0. The molecular formula is C61H55Cl2F5N14O6. The van der Waals surface area contributed by atoms with E-state index >= 15 is 13.6 Å². The Kier molecular flexibility index (Phi) is 16.2. The van der Waals surface area contributed by atoms with Crippen LogP contribution in [0, 0.1) is 51.8 Å². The molecule has 5 aliphatic rings. The van der Waals surface area contributed by atoms with Gasteiger partial charge in [-0.05, 0) is 56.6 Å². The first-order valence-electron chi connectivity index (χ1n) is 28.3. The highest BCUT2D eigenvalue weighted by Gasteiger charge is 2.43. The van der Waals surface area contributed by atoms with E-state index in [4.69, 9.17) is 32.7 Å². The monoisotopic (exact) mass is 1240 g/mol. The molecule has 2 amide bonds. The number of hydrogen-bond acceptors (Lipinski definition) is 15. The number of piperazine rings is 2. The molecule has 0 radical (unpaired) electrons. The molecule has 454 valence electrons. The lowest BCUT2D eigenvalue weighted by atomic mass is 9.88. The number of likely N-dealkylation sites (N-methyl/N-ethyl adjacent to an activating group) is 1. The van der Waals surface area contributed by atoms with Crippen LogP contribution in [0.3, 0.4) is 0 Å². The largest absolute Gasteiger partial charge is 0.488 e. The van der Waals surface area contributed by atoms with Crippen molar-refractivity contribution in [2.45, 2.75) is 43.6 Å². The fourth-order valence-corrected chi connectivity index (χ4v) is 13.4. The van der Waals surface area contributed by atoms with Crippen LogP contribution in [-0.4, -0.2) is 165 Å². The Labute approximate surface area is 509 Å². The molecule has 2 unspecified atom stereocenters. The third kappa shape index (κ3) is 10.8. The average molecular weight is 1250 g/mol. The molecule has 27 heteroatoms. The maximum atomic E-state index is 15.7. The van der Waals surface area contributed by atoms with Gasteiger partial charge in [0, 0.05) is 134 Å². The third-order valence-electron chi connectivity index (χ3n) is 16.9. The van der Waals surface area contributed by atoms with Gasteiger partial charge in [0.25, 0.3) is 5.91 Å². The first-order chi connectivity index (χ1) is 42.3. The Morgan fingerprint density at radius 2 is 1.22 bits per heavy atom. The van der Waals surface area contributed by atoms with Crippen LogP contribution < -0.4 is 30.7 Å². The summed E-state index contributed by atoms with van der Waals surface area (Å²) in [4.78, 5) is 76.7. The highest BCUT2D eigenvalue weighted by atomic mass is 35.5. The number of hydrogen-bond donors (Lipinski definition) is 0. The number of rotatable bonds is 15. The van der Waals surface area contributed by atoms with Crippen LogP contribution >= 0.6 is 23.2 Å². The normalized spacial score (nSPS) is 19.6. The Bertz CT molecular complexity index is 4260. The van der Waals surface area contributed by atoms with Crippen LogP contribution in [0.5, 0.6) is 11.5 Å². The predicted octanol–water partition coefficient (Wildman–Crippen LogP) is 7.53. The number of benzene rings is 4. The summed E-state index contributed by atoms with van der Waals surface area (Å²) >= 11 is 14.0. The topological polar surface area (TPSA) is 207 Å². The molecule has 20 nitrogen and oxygen atoms in total. The van der Waals surface area contributed by atoms with E-state index in [1.54, 1.807) is 39.0 Å². The average Bonchev–Trinajstić information content (AvgIpc) is 0.754. The van der Waals surface area contributed by atoms with Gasteiger partial charge >= 0.3 is 11.4 Å². The van der Waals surface area contributed by atoms with Crippen molar-refractivity contribution in [3.63, 3.8) is 0 Å². The molecule has 5 aliphatic heterocycles. The molecule has 88 heavy (non-hydrogen) atoms. The zero-order valence-corrected chi connectivity index (χ0v) is 49.0. The number of likely N-dealkylation sites (tertiary alicyclic amines) is 1. The number of nitriles is 2. The highest BCUT2D eigenvalue weighted by molar-refractivity contribution is 6.35. The molecular weight excluding hydrogens is 1190 g/mol. The molecule has 7 aromatic rings. The number of amides is 2. The van der Waals surface area contributed by atoms with Gasteiger partial charge in [-0.3, -0.25) is 28.3 Å². The minimum absolute atomic E-state index is 0.00168. The lowest BCUT2D eigenvalue weighted by Gasteiger charge is -2.46. The Morgan fingerprint density at radius 3 is 1.67 bits per heavy atom. The molecule has 0 N–H and O–H groups in total. The molecule has 3 aromatic heterocycles. The van der Waals surface area contributed by atoms with E-state index in [0.29, 0.717) is 42.0 Å². The maximum absolute atomic E-state index is 15.7. The minimum atomic E-state index is -1.19. The van der Waals surface area contributed by atoms with Gasteiger partial charge in [0.05, 0.1) is 76.8 Å². The number of halogens is 7. The lowest BCUT2D eigenvalue weighted by molar-refractivity contribution is -0.132. The van der Waals surface area contributed by atoms with Crippen molar-refractivity contribution in [2.24, 2.45) is 5.92 Å². The summed E-state index contributed by atoms with van der Waals surface area (Å²) in [6, 6.07) is 12.4. The van der Waals surface area contributed by atoms with E-state index in [1.807, 2.05) is 36.0 Å². The van der Waals surface area contributed by atoms with Gasteiger partial charge in [-0.15, -0.1) is 0 Å². The van der Waals surface area contributed by atoms with Gasteiger partial charge in [0.2, 0.25) is 5.91 Å². The molecule has 3 fully saturated rings. The molecule has 0 aliphatic carbocycles. The van der Waals surface area contributed by atoms with Gasteiger partial charge in [-0.2, -0.15) is 25.6 Å². The van der Waals surface area contributed by atoms with Crippen molar-refractivity contribution < 1.29 is 41.0 Å². The Hall–Kier alpha value is -8.88. The van der Waals surface area contributed by atoms with Crippen LogP contribution in [0.25, 0.3) is 44.1 Å². The number of anilines is 2. The standard InChI is InChI=1S/C61H55Cl2F5N14O6/c1-33(64)58(83)79-19-17-76(28-37(79)9-12-69)56-44-23-46(62)50(42-7-5-35(65)21-48(42)67)54-52(44)81(60(85)72-56)39(31-87-54)27-75-25-34(26-75)41(11-16-74(2)3)59(84)80-20-18-77(29-38(80)10-13-70)57-45-24-47(63)51(43-8-6-36(66)22-49(43)68)55-53(45)82(61(86)73-57)40(32-88-55)30-78-15-4-14-71-78/h4-8,11,14-15,21-24,34,37-40H,1,9-10,16-20,25-32H2,2-3H3/b41-11+/t37-,38-,39?,40?/m0/s1. The summed E-state index contributed by atoms with van der Waals surface area (Å²) in [5.41, 5.74) is -0.291. The fraction of sp³-hybridized carbons (Fsp3) is 0.361. The molecule has 0 saturated carbocycles. The van der Waals surface area contributed by atoms with E-state index < -0.39 is 70.5 Å². The maximum Gasteiger partial charge on any atom is 0.350 e. The summed E-state index contributed by atoms with van der Waals surface area (Å²) < 4.78 is 91.5. The number of carbonyl (C=O) groups excluding carboxylic acids is 2. The predicted molar refractivity (Wildman–Crippen MR) is 317 cm³/mol. The number of nitrogens with zero attached hydrogens (tertiary/aromatic N) is 14. The van der Waals surface area contributed by atoms with E-state index in [0.717, 1.165) is 18.2 Å². The second-order valence-electron chi connectivity index (χ2n) is 22.7. The van der Waals surface area contributed by atoms with Crippen LogP contribution in [0.2, 0.25) is 10.0 Å². The molecule has 0 spiro atoms. The van der Waals surface area contributed by atoms with Gasteiger partial charge in [-0.1, -0.05) is 35.9 Å². The molecule has 8 heterocycles. The summed E-state index contributed by atoms with van der Waals surface area (Å²) in [5.74, 6) is -5.71. The molecule has 12 rings (SSSR count). The van der Waals surface area contributed by atoms with Crippen LogP contribution in [-0.2, 0) is 16.1 Å². The molecule has 0 bridgehead atoms. The number of aromatic nitrogens is 6. The first-order valence-corrected chi connectivity index (χ1v) is 29.1. The van der Waals surface area contributed by atoms with Crippen molar-refractivity contribution in [1.82, 2.24) is 48.5 Å². The van der Waals surface area contributed by atoms with E-state index in [1.165, 1.54) is 32.2 Å². The van der Waals surface area contributed by atoms with Gasteiger partial charge < -0.3 is 34.0 Å². The number of carbonyl (C=O) groups is 2. The highest BCUT2D eigenvalue weighted by Crippen LogP contribution is 2.50. The van der Waals surface area contributed by atoms with Gasteiger partial charge in [-0.25, -0.2) is 31.5 Å². The lowest BCUT2D eigenvalue weighted by Crippen LogP contribution is -2.58. The number of ether oxygens (including phenoxy) is 2. The summed E-state index contributed by atoms with van der Waals surface area (Å²) in [6.45, 7) is 4.92. The SMILES string of the molecule is C=C(F)C(=O)N1CCN(c2nc(=O)n3c4c(c(-c5ccc(F)cc5F)c(Cl)cc24)OCC3CN2CC(/C(=C\CN(C)C)C(=O)N3CCN(c4nc(=O)n5c6c(c(-c7ccc(F)cc7F)c(Cl)cc46)OCC5Cn4cccn4)C[C@@H]3CC#N)C2)C[C@@H]1CC#N. The molecule has 3 saturated heterocycles. The van der Waals surface area contributed by atoms with Crippen molar-refractivity contribution in [1.29, 1.82) is 10.5 Å². The fourth-order valence-electron chi connectivity index (χ4n) is 12.8. The van der Waals surface area contributed by atoms with Gasteiger partial charge in [0.1, 0.15) is 48.1 Å². The van der Waals surface area contributed by atoms with E-state index in [-0.39, 0.29) is 157 Å². The zero-order valence-electron chi connectivity index (χ0n) is 47.5. The van der Waals surface area contributed by atoms with E-state index in [2.05, 4.69) is 32.6 Å². The summed E-state index contributed by atoms with van der Waals surface area (Å²) in [5, 5.41) is 25.1. The minimum Gasteiger partial charge on any atom is -0.488 e. The smallest absolute Gasteiger partial charge is 0.350 e. The van der Waals surface area contributed by atoms with Crippen molar-refractivity contribution in [3.05, 3.63) is 145 Å². The van der Waals surface area contributed by atoms with E-state index in [9.17, 15) is 38.1 Å². The Morgan fingerprint density at radius 1 is 0.716 bits per heavy atom.